The van der Waals surface area contributed by atoms with Crippen LogP contribution in [0.3, 0.4) is 0 Å². The lowest BCUT2D eigenvalue weighted by Crippen LogP contribution is -2.44. The highest BCUT2D eigenvalue weighted by Crippen LogP contribution is 2.32. The van der Waals surface area contributed by atoms with Gasteiger partial charge in [0.05, 0.1) is 15.8 Å². The van der Waals surface area contributed by atoms with E-state index in [0.717, 1.165) is 8.26 Å². The van der Waals surface area contributed by atoms with E-state index in [4.69, 9.17) is 0 Å². The smallest absolute Gasteiger partial charge is 0.328 e. The van der Waals surface area contributed by atoms with Crippen LogP contribution in [0.2, 0.25) is 0 Å². The third kappa shape index (κ3) is 3.80. The molecule has 0 aliphatic carbocycles. The van der Waals surface area contributed by atoms with Crippen molar-refractivity contribution in [1.82, 2.24) is 5.32 Å². The van der Waals surface area contributed by atoms with Gasteiger partial charge in [-0.3, -0.25) is 4.79 Å². The van der Waals surface area contributed by atoms with Gasteiger partial charge >= 0.3 is 5.97 Å². The second kappa shape index (κ2) is 6.68. The molecule has 7 heteroatoms. The first-order chi connectivity index (χ1) is 8.36. The average molecular weight is 399 g/mol. The number of esters is 1. The van der Waals surface area contributed by atoms with Crippen molar-refractivity contribution in [3.05, 3.63) is 19.2 Å². The van der Waals surface area contributed by atoms with Gasteiger partial charge in [0.1, 0.15) is 6.04 Å². The molecule has 1 N–H and O–H groups in total. The molecule has 1 unspecified atom stereocenters. The number of hydrogen-bond donors (Lipinski definition) is 1. The molecule has 100 valence electrons. The summed E-state index contributed by atoms with van der Waals surface area (Å²) in [5, 5.41) is 2.68. The molecule has 1 amide bonds. The van der Waals surface area contributed by atoms with Gasteiger partial charge in [-0.2, -0.15) is 0 Å². The van der Waals surface area contributed by atoms with Crippen LogP contribution in [0.5, 0.6) is 0 Å². The van der Waals surface area contributed by atoms with Crippen LogP contribution in [0.4, 0.5) is 0 Å². The van der Waals surface area contributed by atoms with Crippen molar-refractivity contribution < 1.29 is 14.3 Å². The van der Waals surface area contributed by atoms with Crippen molar-refractivity contribution in [1.29, 1.82) is 0 Å². The summed E-state index contributed by atoms with van der Waals surface area (Å²) in [6.07, 6.45) is 0. The van der Waals surface area contributed by atoms with Crippen molar-refractivity contribution in [2.24, 2.45) is 5.92 Å². The van der Waals surface area contributed by atoms with Crippen LogP contribution in [0.1, 0.15) is 23.5 Å². The molecule has 0 saturated carbocycles. The number of carbonyl (C=O) groups excluding carboxylic acids is 2. The summed E-state index contributed by atoms with van der Waals surface area (Å²) in [5.74, 6) is -0.753. The number of carbonyl (C=O) groups is 2. The number of ether oxygens (including phenoxy) is 1. The summed E-state index contributed by atoms with van der Waals surface area (Å²) in [7, 11) is 1.31. The zero-order valence-corrected chi connectivity index (χ0v) is 14.1. The zero-order valence-electron chi connectivity index (χ0n) is 10.1. The largest absolute Gasteiger partial charge is 0.467 e. The van der Waals surface area contributed by atoms with Crippen LogP contribution in [0.15, 0.2) is 14.3 Å². The zero-order chi connectivity index (χ0) is 13.9. The minimum absolute atomic E-state index is 0.0340. The first-order valence-electron chi connectivity index (χ1n) is 5.20. The molecule has 18 heavy (non-hydrogen) atoms. The Morgan fingerprint density at radius 1 is 1.39 bits per heavy atom. The predicted molar refractivity (Wildman–Crippen MR) is 77.8 cm³/mol. The molecule has 0 aliphatic heterocycles. The second-order valence-electron chi connectivity index (χ2n) is 3.95. The molecule has 0 spiro atoms. The Balaban J connectivity index is 2.81. The lowest BCUT2D eigenvalue weighted by Gasteiger charge is -2.19. The molecular weight excluding hydrogens is 386 g/mol. The number of halogens is 2. The van der Waals surface area contributed by atoms with Crippen molar-refractivity contribution in [3.8, 4) is 0 Å². The van der Waals surface area contributed by atoms with Gasteiger partial charge in [-0.1, -0.05) is 13.8 Å². The number of rotatable bonds is 4. The van der Waals surface area contributed by atoms with Crippen LogP contribution >= 0.6 is 43.2 Å². The van der Waals surface area contributed by atoms with E-state index in [-0.39, 0.29) is 11.8 Å². The van der Waals surface area contributed by atoms with Crippen LogP contribution in [-0.2, 0) is 9.53 Å². The standard InChI is InChI=1S/C11H13Br2NO3S/c1-5(2)8(11(16)17-3)14-10(15)7-4-6(12)9(13)18-7/h4-5,8H,1-3H3,(H,14,15). The first-order valence-corrected chi connectivity index (χ1v) is 7.60. The van der Waals surface area contributed by atoms with Crippen LogP contribution in [0, 0.1) is 5.92 Å². The number of nitrogens with one attached hydrogen (secondary N) is 1. The van der Waals surface area contributed by atoms with Crippen molar-refractivity contribution >= 4 is 55.1 Å². The van der Waals surface area contributed by atoms with Gasteiger partial charge in [0.15, 0.2) is 0 Å². The van der Waals surface area contributed by atoms with Crippen LogP contribution in [-0.4, -0.2) is 25.0 Å². The summed E-state index contributed by atoms with van der Waals surface area (Å²) in [4.78, 5) is 24.1. The Morgan fingerprint density at radius 2 is 2.00 bits per heavy atom. The third-order valence-electron chi connectivity index (χ3n) is 2.28. The average Bonchev–Trinajstić information content (AvgIpc) is 2.65. The fourth-order valence-electron chi connectivity index (χ4n) is 1.30. The van der Waals surface area contributed by atoms with Crippen molar-refractivity contribution in [2.45, 2.75) is 19.9 Å². The Hall–Kier alpha value is -0.400. The Morgan fingerprint density at radius 3 is 2.39 bits per heavy atom. The van der Waals surface area contributed by atoms with E-state index >= 15 is 0 Å². The van der Waals surface area contributed by atoms with E-state index in [2.05, 4.69) is 41.9 Å². The van der Waals surface area contributed by atoms with E-state index in [1.54, 1.807) is 6.07 Å². The molecule has 0 radical (unpaired) electrons. The maximum absolute atomic E-state index is 12.0. The topological polar surface area (TPSA) is 55.4 Å². The highest BCUT2D eigenvalue weighted by Gasteiger charge is 2.26. The molecule has 1 rings (SSSR count). The van der Waals surface area contributed by atoms with Gasteiger partial charge in [-0.15, -0.1) is 11.3 Å². The Labute approximate surface area is 126 Å². The normalized spacial score (nSPS) is 12.3. The van der Waals surface area contributed by atoms with E-state index in [0.29, 0.717) is 4.88 Å². The van der Waals surface area contributed by atoms with E-state index in [1.165, 1.54) is 18.4 Å². The quantitative estimate of drug-likeness (QED) is 0.792. The van der Waals surface area contributed by atoms with Gasteiger partial charge < -0.3 is 10.1 Å². The SMILES string of the molecule is COC(=O)C(NC(=O)c1cc(Br)c(Br)s1)C(C)C. The summed E-state index contributed by atoms with van der Waals surface area (Å²) >= 11 is 7.94. The van der Waals surface area contributed by atoms with Crippen molar-refractivity contribution in [3.63, 3.8) is 0 Å². The summed E-state index contributed by atoms with van der Waals surface area (Å²) in [5.41, 5.74) is 0. The lowest BCUT2D eigenvalue weighted by molar-refractivity contribution is -0.144. The molecule has 0 saturated heterocycles. The fourth-order valence-corrected chi connectivity index (χ4v) is 3.23. The number of thiophene rings is 1. The summed E-state index contributed by atoms with van der Waals surface area (Å²) < 4.78 is 6.33. The monoisotopic (exact) mass is 397 g/mol. The minimum Gasteiger partial charge on any atom is -0.467 e. The highest BCUT2D eigenvalue weighted by molar-refractivity contribution is 9.13. The van der Waals surface area contributed by atoms with Gasteiger partial charge in [0.2, 0.25) is 0 Å². The van der Waals surface area contributed by atoms with E-state index < -0.39 is 12.0 Å². The highest BCUT2D eigenvalue weighted by atomic mass is 79.9. The maximum atomic E-state index is 12.0. The lowest BCUT2D eigenvalue weighted by atomic mass is 10.0. The van der Waals surface area contributed by atoms with Crippen LogP contribution < -0.4 is 5.32 Å². The first kappa shape index (κ1) is 15.7. The maximum Gasteiger partial charge on any atom is 0.328 e. The predicted octanol–water partition coefficient (Wildman–Crippen LogP) is 3.20. The molecule has 1 atom stereocenters. The molecule has 1 aromatic rings. The Kier molecular flexibility index (Phi) is 5.81. The number of methoxy groups -OCH3 is 1. The third-order valence-corrected chi connectivity index (χ3v) is 5.53. The molecule has 0 aromatic carbocycles. The number of amides is 1. The molecule has 0 bridgehead atoms. The van der Waals surface area contributed by atoms with Crippen molar-refractivity contribution in [2.75, 3.05) is 7.11 Å². The minimum atomic E-state index is -0.637. The number of hydrogen-bond acceptors (Lipinski definition) is 4. The van der Waals surface area contributed by atoms with Gasteiger partial charge in [0.25, 0.3) is 5.91 Å². The van der Waals surface area contributed by atoms with Gasteiger partial charge in [0, 0.05) is 4.47 Å². The van der Waals surface area contributed by atoms with Gasteiger partial charge in [-0.25, -0.2) is 4.79 Å². The fraction of sp³-hybridized carbons (Fsp3) is 0.455. The van der Waals surface area contributed by atoms with E-state index in [9.17, 15) is 9.59 Å². The molecule has 4 nitrogen and oxygen atoms in total. The summed E-state index contributed by atoms with van der Waals surface area (Å²) in [6, 6.07) is 1.07. The van der Waals surface area contributed by atoms with Crippen LogP contribution in [0.25, 0.3) is 0 Å². The van der Waals surface area contributed by atoms with Gasteiger partial charge in [-0.05, 0) is 43.8 Å². The summed E-state index contributed by atoms with van der Waals surface area (Å²) in [6.45, 7) is 3.70. The molecule has 0 aliphatic rings. The molecular formula is C11H13Br2NO3S. The van der Waals surface area contributed by atoms with E-state index in [1.807, 2.05) is 13.8 Å². The molecule has 1 heterocycles. The molecule has 0 fully saturated rings. The second-order valence-corrected chi connectivity index (χ2v) is 7.18. The molecule has 1 aromatic heterocycles. The Bertz CT molecular complexity index is 440.